The Bertz CT molecular complexity index is 488. The summed E-state index contributed by atoms with van der Waals surface area (Å²) in [5.74, 6) is -1.07. The molecule has 0 saturated heterocycles. The highest BCUT2D eigenvalue weighted by atomic mass is 16.5. The van der Waals surface area contributed by atoms with Crippen molar-refractivity contribution < 1.29 is 19.4 Å². The summed E-state index contributed by atoms with van der Waals surface area (Å²) in [7, 11) is 1.58. The lowest BCUT2D eigenvalue weighted by atomic mass is 10.1. The molecule has 0 bridgehead atoms. The molecule has 1 aromatic carbocycles. The zero-order valence-electron chi connectivity index (χ0n) is 12.0. The number of methoxy groups -OCH3 is 1. The molecule has 0 heterocycles. The number of nitrogens with zero attached hydrogens (tertiary/aromatic N) is 1. The third kappa shape index (κ3) is 4.19. The molecule has 1 fully saturated rings. The number of carbonyl (C=O) groups is 2. The van der Waals surface area contributed by atoms with E-state index < -0.39 is 12.0 Å². The molecule has 0 unspecified atom stereocenters. The molecule has 1 aliphatic rings. The minimum Gasteiger partial charge on any atom is -0.479 e. The van der Waals surface area contributed by atoms with Gasteiger partial charge >= 0.3 is 12.0 Å². The molecule has 114 valence electrons. The van der Waals surface area contributed by atoms with Crippen molar-refractivity contribution in [3.63, 3.8) is 0 Å². The largest absolute Gasteiger partial charge is 0.479 e. The molecule has 6 nitrogen and oxygen atoms in total. The average molecular weight is 292 g/mol. The van der Waals surface area contributed by atoms with Crippen LogP contribution in [0.5, 0.6) is 0 Å². The molecule has 6 heteroatoms. The van der Waals surface area contributed by atoms with Gasteiger partial charge in [-0.15, -0.1) is 0 Å². The standard InChI is InChI=1S/C15H20N2O4/c1-21-10-9-17(12-7-8-12)15(20)16-13(14(18)19)11-5-3-2-4-6-11/h2-6,12-13H,7-10H2,1H3,(H,16,20)(H,18,19)/t13-/m1/s1. The van der Waals surface area contributed by atoms with Gasteiger partial charge in [0, 0.05) is 19.7 Å². The summed E-state index contributed by atoms with van der Waals surface area (Å²) in [4.78, 5) is 25.4. The summed E-state index contributed by atoms with van der Waals surface area (Å²) < 4.78 is 5.00. The number of carboxylic acid groups (broad SMARTS) is 1. The van der Waals surface area contributed by atoms with E-state index in [0.717, 1.165) is 12.8 Å². The second kappa shape index (κ2) is 7.08. The Morgan fingerprint density at radius 1 is 1.38 bits per heavy atom. The Labute approximate surface area is 123 Å². The summed E-state index contributed by atoms with van der Waals surface area (Å²) in [6, 6.07) is 7.49. The first-order valence-electron chi connectivity index (χ1n) is 6.97. The summed E-state index contributed by atoms with van der Waals surface area (Å²) in [5.41, 5.74) is 0.556. The van der Waals surface area contributed by atoms with Crippen LogP contribution in [0.4, 0.5) is 4.79 Å². The zero-order valence-corrected chi connectivity index (χ0v) is 12.0. The lowest BCUT2D eigenvalue weighted by Gasteiger charge is -2.25. The van der Waals surface area contributed by atoms with Crippen LogP contribution in [-0.4, -0.2) is 48.3 Å². The highest BCUT2D eigenvalue weighted by molar-refractivity contribution is 5.84. The molecule has 2 N–H and O–H groups in total. The first kappa shape index (κ1) is 15.3. The number of nitrogens with one attached hydrogen (secondary N) is 1. The summed E-state index contributed by atoms with van der Waals surface area (Å²) in [6.45, 7) is 0.904. The zero-order chi connectivity index (χ0) is 15.2. The summed E-state index contributed by atoms with van der Waals surface area (Å²) in [6.07, 6.45) is 1.92. The van der Waals surface area contributed by atoms with Crippen LogP contribution in [0, 0.1) is 0 Å². The van der Waals surface area contributed by atoms with Gasteiger partial charge in [-0.25, -0.2) is 9.59 Å². The molecule has 2 rings (SSSR count). The number of urea groups is 1. The fraction of sp³-hybridized carbons (Fsp3) is 0.467. The van der Waals surface area contributed by atoms with E-state index >= 15 is 0 Å². The molecule has 1 aliphatic carbocycles. The van der Waals surface area contributed by atoms with Crippen LogP contribution in [0.3, 0.4) is 0 Å². The molecular weight excluding hydrogens is 272 g/mol. The first-order valence-corrected chi connectivity index (χ1v) is 6.97. The molecule has 0 radical (unpaired) electrons. The minimum atomic E-state index is -1.07. The van der Waals surface area contributed by atoms with E-state index in [4.69, 9.17) is 4.74 Å². The van der Waals surface area contributed by atoms with Crippen molar-refractivity contribution in [1.82, 2.24) is 10.2 Å². The van der Waals surface area contributed by atoms with Gasteiger partial charge in [0.1, 0.15) is 0 Å². The summed E-state index contributed by atoms with van der Waals surface area (Å²) in [5, 5.41) is 11.9. The quantitative estimate of drug-likeness (QED) is 0.800. The second-order valence-corrected chi connectivity index (χ2v) is 5.05. The van der Waals surface area contributed by atoms with Crippen LogP contribution in [0.2, 0.25) is 0 Å². The van der Waals surface area contributed by atoms with Gasteiger partial charge in [-0.1, -0.05) is 30.3 Å². The van der Waals surface area contributed by atoms with Gasteiger partial charge in [0.25, 0.3) is 0 Å². The minimum absolute atomic E-state index is 0.199. The predicted octanol–water partition coefficient (Wildman–Crippen LogP) is 1.63. The van der Waals surface area contributed by atoms with Crippen molar-refractivity contribution in [2.24, 2.45) is 0 Å². The van der Waals surface area contributed by atoms with E-state index in [0.29, 0.717) is 18.7 Å². The van der Waals surface area contributed by atoms with E-state index in [9.17, 15) is 14.7 Å². The van der Waals surface area contributed by atoms with E-state index in [-0.39, 0.29) is 12.1 Å². The van der Waals surface area contributed by atoms with Crippen molar-refractivity contribution in [2.45, 2.75) is 24.9 Å². The monoisotopic (exact) mass is 292 g/mol. The van der Waals surface area contributed by atoms with Crippen LogP contribution in [0.15, 0.2) is 30.3 Å². The fourth-order valence-electron chi connectivity index (χ4n) is 2.17. The number of carboxylic acids is 1. The van der Waals surface area contributed by atoms with E-state index in [1.807, 2.05) is 0 Å². The lowest BCUT2D eigenvalue weighted by molar-refractivity contribution is -0.139. The molecule has 0 aromatic heterocycles. The maximum Gasteiger partial charge on any atom is 0.330 e. The van der Waals surface area contributed by atoms with Gasteiger partial charge in [0.2, 0.25) is 0 Å². The SMILES string of the molecule is COCCN(C(=O)N[C@@H](C(=O)O)c1ccccc1)C1CC1. The molecule has 1 saturated carbocycles. The molecule has 0 spiro atoms. The van der Waals surface area contributed by atoms with Crippen molar-refractivity contribution in [1.29, 1.82) is 0 Å². The summed E-state index contributed by atoms with van der Waals surface area (Å²) >= 11 is 0. The average Bonchev–Trinajstić information content (AvgIpc) is 3.30. The second-order valence-electron chi connectivity index (χ2n) is 5.05. The third-order valence-corrected chi connectivity index (χ3v) is 3.43. The van der Waals surface area contributed by atoms with Crippen molar-refractivity contribution >= 4 is 12.0 Å². The Kier molecular flexibility index (Phi) is 5.16. The maximum absolute atomic E-state index is 12.3. The Morgan fingerprint density at radius 2 is 2.05 bits per heavy atom. The lowest BCUT2D eigenvalue weighted by Crippen LogP contribution is -2.46. The third-order valence-electron chi connectivity index (χ3n) is 3.43. The predicted molar refractivity (Wildman–Crippen MR) is 77.0 cm³/mol. The van der Waals surface area contributed by atoms with E-state index in [1.54, 1.807) is 42.3 Å². The number of hydrogen-bond acceptors (Lipinski definition) is 3. The van der Waals surface area contributed by atoms with Crippen LogP contribution >= 0.6 is 0 Å². The van der Waals surface area contributed by atoms with Crippen molar-refractivity contribution in [2.75, 3.05) is 20.3 Å². The molecular formula is C15H20N2O4. The Hall–Kier alpha value is -2.08. The molecule has 2 amide bonds. The van der Waals surface area contributed by atoms with E-state index in [1.165, 1.54) is 0 Å². The smallest absolute Gasteiger partial charge is 0.330 e. The Morgan fingerprint density at radius 3 is 2.57 bits per heavy atom. The van der Waals surface area contributed by atoms with Gasteiger partial charge in [-0.2, -0.15) is 0 Å². The Balaban J connectivity index is 2.05. The van der Waals surface area contributed by atoms with E-state index in [2.05, 4.69) is 5.32 Å². The van der Waals surface area contributed by atoms with Crippen LogP contribution in [0.25, 0.3) is 0 Å². The molecule has 21 heavy (non-hydrogen) atoms. The number of amides is 2. The number of hydrogen-bond donors (Lipinski definition) is 2. The van der Waals surface area contributed by atoms with Crippen LogP contribution in [0.1, 0.15) is 24.4 Å². The topological polar surface area (TPSA) is 78.9 Å². The normalized spacial score (nSPS) is 15.3. The molecule has 1 aromatic rings. The number of rotatable bonds is 7. The highest BCUT2D eigenvalue weighted by Gasteiger charge is 2.34. The van der Waals surface area contributed by atoms with Crippen LogP contribution < -0.4 is 5.32 Å². The van der Waals surface area contributed by atoms with Gasteiger partial charge in [0.15, 0.2) is 6.04 Å². The van der Waals surface area contributed by atoms with Crippen LogP contribution in [-0.2, 0) is 9.53 Å². The van der Waals surface area contributed by atoms with Gasteiger partial charge in [0.05, 0.1) is 6.61 Å². The highest BCUT2D eigenvalue weighted by Crippen LogP contribution is 2.27. The number of carbonyl (C=O) groups excluding carboxylic acids is 1. The van der Waals surface area contributed by atoms with Crippen molar-refractivity contribution in [3.05, 3.63) is 35.9 Å². The van der Waals surface area contributed by atoms with Gasteiger partial charge in [-0.3, -0.25) is 0 Å². The molecule has 0 aliphatic heterocycles. The number of benzene rings is 1. The number of ether oxygens (including phenoxy) is 1. The number of aliphatic carboxylic acids is 1. The maximum atomic E-state index is 12.3. The van der Waals surface area contributed by atoms with Gasteiger partial charge in [-0.05, 0) is 18.4 Å². The van der Waals surface area contributed by atoms with Gasteiger partial charge < -0.3 is 20.1 Å². The first-order chi connectivity index (χ1) is 10.1. The van der Waals surface area contributed by atoms with Crippen molar-refractivity contribution in [3.8, 4) is 0 Å². The molecule has 1 atom stereocenters. The fourth-order valence-corrected chi connectivity index (χ4v) is 2.17.